The molecule has 0 aliphatic carbocycles. The smallest absolute Gasteiger partial charge is 0.337 e. The summed E-state index contributed by atoms with van der Waals surface area (Å²) >= 11 is 0. The highest BCUT2D eigenvalue weighted by Gasteiger charge is 2.36. The van der Waals surface area contributed by atoms with Crippen LogP contribution >= 0.6 is 0 Å². The van der Waals surface area contributed by atoms with Crippen LogP contribution in [-0.4, -0.2) is 24.2 Å². The predicted molar refractivity (Wildman–Crippen MR) is 55.5 cm³/mol. The summed E-state index contributed by atoms with van der Waals surface area (Å²) < 4.78 is 10.7. The Morgan fingerprint density at radius 1 is 1.38 bits per heavy atom. The highest BCUT2D eigenvalue weighted by atomic mass is 16.5. The van der Waals surface area contributed by atoms with Gasteiger partial charge in [-0.25, -0.2) is 4.79 Å². The number of rotatable bonds is 1. The molecule has 0 aromatic carbocycles. The maximum atomic E-state index is 11.7. The van der Waals surface area contributed by atoms with E-state index in [9.17, 15) is 4.79 Å². The number of esters is 1. The van der Waals surface area contributed by atoms with Crippen molar-refractivity contribution in [2.75, 3.05) is 13.2 Å². The molecule has 0 fully saturated rings. The summed E-state index contributed by atoms with van der Waals surface area (Å²) in [6.07, 6.45) is 2.14. The Labute approximate surface area is 92.9 Å². The second-order valence-electron chi connectivity index (χ2n) is 3.85. The molecule has 0 bridgehead atoms. The first-order valence-electron chi connectivity index (χ1n) is 5.28. The van der Waals surface area contributed by atoms with Gasteiger partial charge < -0.3 is 9.47 Å². The van der Waals surface area contributed by atoms with E-state index in [1.54, 1.807) is 6.20 Å². The van der Waals surface area contributed by atoms with Gasteiger partial charge in [0.05, 0.1) is 24.5 Å². The first kappa shape index (κ1) is 9.54. The van der Waals surface area contributed by atoms with Gasteiger partial charge in [-0.1, -0.05) is 6.07 Å². The van der Waals surface area contributed by atoms with Gasteiger partial charge in [-0.05, 0) is 17.7 Å². The number of cyclic esters (lactones) is 1. The molecule has 4 nitrogen and oxygen atoms in total. The fraction of sp³-hybridized carbons (Fsp3) is 0.333. The molecule has 0 amide bonds. The van der Waals surface area contributed by atoms with Crippen molar-refractivity contribution >= 4 is 5.97 Å². The second-order valence-corrected chi connectivity index (χ2v) is 3.85. The SMILES string of the molecule is O=C1OCCC2=C1C(c1ccccn1)OC2. The van der Waals surface area contributed by atoms with Crippen molar-refractivity contribution in [3.63, 3.8) is 0 Å². The molecule has 0 saturated carbocycles. The Bertz CT molecular complexity index is 453. The van der Waals surface area contributed by atoms with E-state index in [1.165, 1.54) is 0 Å². The largest absolute Gasteiger partial charge is 0.462 e. The lowest BCUT2D eigenvalue weighted by Crippen LogP contribution is -2.19. The van der Waals surface area contributed by atoms with Crippen LogP contribution in [0.2, 0.25) is 0 Å². The number of aromatic nitrogens is 1. The molecular formula is C12H11NO3. The molecule has 4 heteroatoms. The van der Waals surface area contributed by atoms with Crippen LogP contribution in [0.25, 0.3) is 0 Å². The third kappa shape index (κ3) is 1.42. The number of hydrogen-bond acceptors (Lipinski definition) is 4. The van der Waals surface area contributed by atoms with Gasteiger partial charge in [-0.15, -0.1) is 0 Å². The normalized spacial score (nSPS) is 24.2. The second kappa shape index (κ2) is 3.72. The molecule has 1 atom stereocenters. The van der Waals surface area contributed by atoms with E-state index in [4.69, 9.17) is 9.47 Å². The molecule has 1 aromatic rings. The van der Waals surface area contributed by atoms with Crippen LogP contribution in [0.3, 0.4) is 0 Å². The molecule has 0 radical (unpaired) electrons. The molecule has 0 spiro atoms. The zero-order valence-corrected chi connectivity index (χ0v) is 8.68. The van der Waals surface area contributed by atoms with E-state index in [1.807, 2.05) is 18.2 Å². The maximum Gasteiger partial charge on any atom is 0.337 e. The molecule has 2 aliphatic heterocycles. The zero-order valence-electron chi connectivity index (χ0n) is 8.68. The average molecular weight is 217 g/mol. The molecule has 2 aliphatic rings. The quantitative estimate of drug-likeness (QED) is 0.667. The Kier molecular flexibility index (Phi) is 2.22. The molecule has 1 aromatic heterocycles. The van der Waals surface area contributed by atoms with Crippen molar-refractivity contribution in [2.45, 2.75) is 12.5 Å². The Morgan fingerprint density at radius 2 is 2.31 bits per heavy atom. The summed E-state index contributed by atoms with van der Waals surface area (Å²) in [6, 6.07) is 5.59. The van der Waals surface area contributed by atoms with E-state index in [0.717, 1.165) is 17.7 Å². The minimum absolute atomic E-state index is 0.255. The zero-order chi connectivity index (χ0) is 11.0. The number of carbonyl (C=O) groups excluding carboxylic acids is 1. The van der Waals surface area contributed by atoms with Crippen LogP contribution in [0.5, 0.6) is 0 Å². The van der Waals surface area contributed by atoms with E-state index in [0.29, 0.717) is 18.8 Å². The van der Waals surface area contributed by atoms with Crippen molar-refractivity contribution < 1.29 is 14.3 Å². The van der Waals surface area contributed by atoms with Crippen molar-refractivity contribution in [1.82, 2.24) is 4.98 Å². The first-order valence-corrected chi connectivity index (χ1v) is 5.28. The molecule has 0 N–H and O–H groups in total. The van der Waals surface area contributed by atoms with Crippen LogP contribution in [0.4, 0.5) is 0 Å². The third-order valence-corrected chi connectivity index (χ3v) is 2.88. The highest BCUT2D eigenvalue weighted by molar-refractivity contribution is 5.92. The molecule has 1 unspecified atom stereocenters. The highest BCUT2D eigenvalue weighted by Crippen LogP contribution is 2.37. The Balaban J connectivity index is 1.99. The summed E-state index contributed by atoms with van der Waals surface area (Å²) in [4.78, 5) is 15.9. The standard InChI is InChI=1S/C12H11NO3/c14-12-10-8(4-6-15-12)7-16-11(10)9-3-1-2-5-13-9/h1-3,5,11H,4,6-7H2. The van der Waals surface area contributed by atoms with Crippen LogP contribution in [0.15, 0.2) is 35.5 Å². The van der Waals surface area contributed by atoms with Gasteiger partial charge in [-0.2, -0.15) is 0 Å². The van der Waals surface area contributed by atoms with Crippen LogP contribution < -0.4 is 0 Å². The number of carbonyl (C=O) groups is 1. The first-order chi connectivity index (χ1) is 7.86. The molecule has 0 saturated heterocycles. The monoisotopic (exact) mass is 217 g/mol. The van der Waals surface area contributed by atoms with Gasteiger partial charge in [0.25, 0.3) is 0 Å². The lowest BCUT2D eigenvalue weighted by Gasteiger charge is -2.16. The van der Waals surface area contributed by atoms with Gasteiger partial charge in [0, 0.05) is 12.6 Å². The van der Waals surface area contributed by atoms with Gasteiger partial charge in [0.2, 0.25) is 0 Å². The predicted octanol–water partition coefficient (Wildman–Crippen LogP) is 1.40. The molecule has 82 valence electrons. The lowest BCUT2D eigenvalue weighted by molar-refractivity contribution is -0.140. The van der Waals surface area contributed by atoms with Crippen LogP contribution in [0, 0.1) is 0 Å². The minimum atomic E-state index is -0.344. The fourth-order valence-electron chi connectivity index (χ4n) is 2.10. The number of hydrogen-bond donors (Lipinski definition) is 0. The van der Waals surface area contributed by atoms with Crippen molar-refractivity contribution in [3.8, 4) is 0 Å². The topological polar surface area (TPSA) is 48.4 Å². The van der Waals surface area contributed by atoms with Gasteiger partial charge in [0.1, 0.15) is 6.10 Å². The van der Waals surface area contributed by atoms with Crippen molar-refractivity contribution in [3.05, 3.63) is 41.2 Å². The van der Waals surface area contributed by atoms with Crippen molar-refractivity contribution in [1.29, 1.82) is 0 Å². The number of ether oxygens (including phenoxy) is 2. The molecule has 16 heavy (non-hydrogen) atoms. The summed E-state index contributed by atoms with van der Waals surface area (Å²) in [5, 5.41) is 0. The Hall–Kier alpha value is -1.68. The summed E-state index contributed by atoms with van der Waals surface area (Å²) in [5.74, 6) is -0.255. The number of pyridine rings is 1. The van der Waals surface area contributed by atoms with E-state index in [2.05, 4.69) is 4.98 Å². The van der Waals surface area contributed by atoms with Crippen LogP contribution in [-0.2, 0) is 14.3 Å². The Morgan fingerprint density at radius 3 is 3.12 bits per heavy atom. The molecule has 3 heterocycles. The molecule has 3 rings (SSSR count). The third-order valence-electron chi connectivity index (χ3n) is 2.88. The van der Waals surface area contributed by atoms with E-state index < -0.39 is 0 Å². The van der Waals surface area contributed by atoms with Gasteiger partial charge >= 0.3 is 5.97 Å². The van der Waals surface area contributed by atoms with Gasteiger partial charge in [-0.3, -0.25) is 4.98 Å². The van der Waals surface area contributed by atoms with Crippen molar-refractivity contribution in [2.24, 2.45) is 0 Å². The summed E-state index contributed by atoms with van der Waals surface area (Å²) in [7, 11) is 0. The summed E-state index contributed by atoms with van der Waals surface area (Å²) in [6.45, 7) is 0.988. The minimum Gasteiger partial charge on any atom is -0.462 e. The molecular weight excluding hydrogens is 206 g/mol. The number of nitrogens with zero attached hydrogens (tertiary/aromatic N) is 1. The maximum absolute atomic E-state index is 11.7. The van der Waals surface area contributed by atoms with Gasteiger partial charge in [0.15, 0.2) is 0 Å². The van der Waals surface area contributed by atoms with E-state index in [-0.39, 0.29) is 12.1 Å². The summed E-state index contributed by atoms with van der Waals surface area (Å²) in [5.41, 5.74) is 2.49. The van der Waals surface area contributed by atoms with E-state index >= 15 is 0 Å². The van der Waals surface area contributed by atoms with Crippen LogP contribution in [0.1, 0.15) is 18.2 Å². The lowest BCUT2D eigenvalue weighted by atomic mass is 9.99. The average Bonchev–Trinajstić information content (AvgIpc) is 2.75. The fourth-order valence-corrected chi connectivity index (χ4v) is 2.10.